The van der Waals surface area contributed by atoms with Crippen molar-refractivity contribution in [3.8, 4) is 0 Å². The van der Waals surface area contributed by atoms with E-state index in [0.29, 0.717) is 18.7 Å². The standard InChI is InChI=1S/C16H19N3O2/c1-21-16(20)19(14-8-5-9-18-12-14)15(11-17)10-13-6-3-2-4-7-13/h2-9,12,15H,10-11,17H2,1H3/t15-/m0/s1. The van der Waals surface area contributed by atoms with Crippen LogP contribution in [-0.4, -0.2) is 30.8 Å². The van der Waals surface area contributed by atoms with Crippen LogP contribution in [0.5, 0.6) is 0 Å². The number of ether oxygens (including phenoxy) is 1. The molecule has 5 nitrogen and oxygen atoms in total. The zero-order chi connectivity index (χ0) is 15.1. The van der Waals surface area contributed by atoms with E-state index in [2.05, 4.69) is 4.98 Å². The SMILES string of the molecule is COC(=O)N(c1cccnc1)[C@H](CN)Cc1ccccc1. The lowest BCUT2D eigenvalue weighted by Crippen LogP contribution is -2.46. The van der Waals surface area contributed by atoms with E-state index in [1.54, 1.807) is 23.4 Å². The predicted octanol–water partition coefficient (Wildman–Crippen LogP) is 2.22. The highest BCUT2D eigenvalue weighted by Gasteiger charge is 2.25. The molecule has 0 aliphatic rings. The van der Waals surface area contributed by atoms with Gasteiger partial charge >= 0.3 is 6.09 Å². The molecule has 0 bridgehead atoms. The van der Waals surface area contributed by atoms with Crippen LogP contribution < -0.4 is 10.6 Å². The summed E-state index contributed by atoms with van der Waals surface area (Å²) in [6.07, 6.45) is 3.51. The number of benzene rings is 1. The van der Waals surface area contributed by atoms with Crippen LogP contribution in [0.4, 0.5) is 10.5 Å². The van der Waals surface area contributed by atoms with Crippen LogP contribution in [0, 0.1) is 0 Å². The molecule has 0 aliphatic heterocycles. The summed E-state index contributed by atoms with van der Waals surface area (Å²) < 4.78 is 4.89. The predicted molar refractivity (Wildman–Crippen MR) is 82.1 cm³/mol. The van der Waals surface area contributed by atoms with Crippen molar-refractivity contribution in [2.45, 2.75) is 12.5 Å². The van der Waals surface area contributed by atoms with Crippen molar-refractivity contribution in [2.24, 2.45) is 5.73 Å². The van der Waals surface area contributed by atoms with E-state index in [4.69, 9.17) is 10.5 Å². The Kier molecular flexibility index (Phi) is 5.29. The fraction of sp³-hybridized carbons (Fsp3) is 0.250. The molecule has 0 spiro atoms. The molecule has 2 rings (SSSR count). The maximum absolute atomic E-state index is 12.1. The number of nitrogens with two attached hydrogens (primary N) is 1. The number of amides is 1. The monoisotopic (exact) mass is 285 g/mol. The maximum atomic E-state index is 12.1. The van der Waals surface area contributed by atoms with Gasteiger partial charge in [0.15, 0.2) is 0 Å². The summed E-state index contributed by atoms with van der Waals surface area (Å²) in [4.78, 5) is 17.7. The first kappa shape index (κ1) is 15.0. The van der Waals surface area contributed by atoms with Crippen molar-refractivity contribution in [3.63, 3.8) is 0 Å². The molecule has 1 heterocycles. The van der Waals surface area contributed by atoms with E-state index in [9.17, 15) is 4.79 Å². The summed E-state index contributed by atoms with van der Waals surface area (Å²) >= 11 is 0. The number of hydrogen-bond acceptors (Lipinski definition) is 4. The van der Waals surface area contributed by atoms with Gasteiger partial charge in [-0.05, 0) is 24.1 Å². The van der Waals surface area contributed by atoms with E-state index in [0.717, 1.165) is 5.56 Å². The van der Waals surface area contributed by atoms with E-state index in [1.165, 1.54) is 7.11 Å². The lowest BCUT2D eigenvalue weighted by atomic mass is 10.0. The Morgan fingerprint density at radius 1 is 1.29 bits per heavy atom. The van der Waals surface area contributed by atoms with Gasteiger partial charge < -0.3 is 10.5 Å². The van der Waals surface area contributed by atoms with Crippen molar-refractivity contribution in [2.75, 3.05) is 18.6 Å². The summed E-state index contributed by atoms with van der Waals surface area (Å²) in [5, 5.41) is 0. The number of pyridine rings is 1. The van der Waals surface area contributed by atoms with Crippen LogP contribution in [0.1, 0.15) is 5.56 Å². The van der Waals surface area contributed by atoms with Crippen molar-refractivity contribution in [1.82, 2.24) is 4.98 Å². The summed E-state index contributed by atoms with van der Waals surface area (Å²) in [6.45, 7) is 0.332. The van der Waals surface area contributed by atoms with Crippen LogP contribution in [-0.2, 0) is 11.2 Å². The van der Waals surface area contributed by atoms with E-state index in [1.807, 2.05) is 36.4 Å². The van der Waals surface area contributed by atoms with Gasteiger partial charge in [-0.2, -0.15) is 0 Å². The largest absolute Gasteiger partial charge is 0.452 e. The lowest BCUT2D eigenvalue weighted by molar-refractivity contribution is 0.176. The van der Waals surface area contributed by atoms with E-state index >= 15 is 0 Å². The van der Waals surface area contributed by atoms with Gasteiger partial charge in [0.25, 0.3) is 0 Å². The fourth-order valence-electron chi connectivity index (χ4n) is 2.23. The Bertz CT molecular complexity index is 560. The highest BCUT2D eigenvalue weighted by atomic mass is 16.5. The van der Waals surface area contributed by atoms with Crippen molar-refractivity contribution >= 4 is 11.8 Å². The lowest BCUT2D eigenvalue weighted by Gasteiger charge is -2.29. The minimum absolute atomic E-state index is 0.191. The number of methoxy groups -OCH3 is 1. The Morgan fingerprint density at radius 2 is 2.05 bits per heavy atom. The first-order chi connectivity index (χ1) is 10.3. The molecule has 0 saturated carbocycles. The molecule has 1 aromatic carbocycles. The fourth-order valence-corrected chi connectivity index (χ4v) is 2.23. The summed E-state index contributed by atoms with van der Waals surface area (Å²) in [5.74, 6) is 0. The molecule has 0 fully saturated rings. The van der Waals surface area contributed by atoms with E-state index in [-0.39, 0.29) is 6.04 Å². The Hall–Kier alpha value is -2.40. The van der Waals surface area contributed by atoms with Gasteiger partial charge in [0.2, 0.25) is 0 Å². The molecule has 0 radical (unpaired) electrons. The van der Waals surface area contributed by atoms with Gasteiger partial charge in [0.1, 0.15) is 0 Å². The number of carbonyl (C=O) groups is 1. The third kappa shape index (κ3) is 3.79. The zero-order valence-corrected chi connectivity index (χ0v) is 12.0. The van der Waals surface area contributed by atoms with Crippen molar-refractivity contribution < 1.29 is 9.53 Å². The number of hydrogen-bond donors (Lipinski definition) is 1. The molecule has 0 unspecified atom stereocenters. The molecule has 1 aromatic heterocycles. The van der Waals surface area contributed by atoms with Gasteiger partial charge in [0.05, 0.1) is 25.0 Å². The molecule has 1 atom stereocenters. The second-order valence-electron chi connectivity index (χ2n) is 4.63. The third-order valence-electron chi connectivity index (χ3n) is 3.25. The van der Waals surface area contributed by atoms with Crippen LogP contribution in [0.2, 0.25) is 0 Å². The van der Waals surface area contributed by atoms with Gasteiger partial charge in [-0.15, -0.1) is 0 Å². The second-order valence-corrected chi connectivity index (χ2v) is 4.63. The van der Waals surface area contributed by atoms with Crippen LogP contribution in [0.15, 0.2) is 54.9 Å². The Morgan fingerprint density at radius 3 is 2.62 bits per heavy atom. The van der Waals surface area contributed by atoms with Crippen LogP contribution >= 0.6 is 0 Å². The third-order valence-corrected chi connectivity index (χ3v) is 3.25. The van der Waals surface area contributed by atoms with Gasteiger partial charge in [0, 0.05) is 12.7 Å². The molecular weight excluding hydrogens is 266 g/mol. The molecule has 0 saturated heterocycles. The zero-order valence-electron chi connectivity index (χ0n) is 12.0. The first-order valence-electron chi connectivity index (χ1n) is 6.77. The van der Waals surface area contributed by atoms with Crippen LogP contribution in [0.3, 0.4) is 0 Å². The number of aromatic nitrogens is 1. The molecule has 110 valence electrons. The van der Waals surface area contributed by atoms with Gasteiger partial charge in [-0.3, -0.25) is 9.88 Å². The normalized spacial score (nSPS) is 11.7. The second kappa shape index (κ2) is 7.40. The quantitative estimate of drug-likeness (QED) is 0.914. The molecule has 2 N–H and O–H groups in total. The maximum Gasteiger partial charge on any atom is 0.414 e. The van der Waals surface area contributed by atoms with Crippen molar-refractivity contribution in [3.05, 3.63) is 60.4 Å². The minimum atomic E-state index is -0.436. The highest BCUT2D eigenvalue weighted by molar-refractivity contribution is 5.88. The molecule has 1 amide bonds. The molecule has 2 aromatic rings. The summed E-state index contributed by atoms with van der Waals surface area (Å²) in [7, 11) is 1.36. The number of anilines is 1. The molecular formula is C16H19N3O2. The summed E-state index contributed by atoms with van der Waals surface area (Å²) in [5.41, 5.74) is 7.67. The minimum Gasteiger partial charge on any atom is -0.452 e. The summed E-state index contributed by atoms with van der Waals surface area (Å²) in [6, 6.07) is 13.3. The number of nitrogens with zero attached hydrogens (tertiary/aromatic N) is 2. The van der Waals surface area contributed by atoms with E-state index < -0.39 is 6.09 Å². The van der Waals surface area contributed by atoms with Crippen LogP contribution in [0.25, 0.3) is 0 Å². The molecule has 0 aliphatic carbocycles. The molecule has 5 heteroatoms. The van der Waals surface area contributed by atoms with Gasteiger partial charge in [-0.1, -0.05) is 30.3 Å². The average molecular weight is 285 g/mol. The van der Waals surface area contributed by atoms with Gasteiger partial charge in [-0.25, -0.2) is 4.79 Å². The van der Waals surface area contributed by atoms with Crippen molar-refractivity contribution in [1.29, 1.82) is 0 Å². The Balaban J connectivity index is 2.27. The number of rotatable bonds is 5. The molecule has 21 heavy (non-hydrogen) atoms. The Labute approximate surface area is 124 Å². The number of carbonyl (C=O) groups excluding carboxylic acids is 1. The smallest absolute Gasteiger partial charge is 0.414 e. The first-order valence-corrected chi connectivity index (χ1v) is 6.77. The topological polar surface area (TPSA) is 68.5 Å². The highest BCUT2D eigenvalue weighted by Crippen LogP contribution is 2.19. The average Bonchev–Trinajstić information content (AvgIpc) is 2.56.